The summed E-state index contributed by atoms with van der Waals surface area (Å²) in [5, 5.41) is 0. The van der Waals surface area contributed by atoms with Crippen LogP contribution in [0, 0.1) is 5.92 Å². The van der Waals surface area contributed by atoms with E-state index in [2.05, 4.69) is 29.2 Å². The molecule has 96 valence electrons. The number of Topliss-reactive ketones (excluding diaryl/α,β-unsaturated/α-hetero) is 1. The van der Waals surface area contributed by atoms with Gasteiger partial charge in [0, 0.05) is 18.4 Å². The van der Waals surface area contributed by atoms with E-state index >= 15 is 0 Å². The molecule has 2 heteroatoms. The number of benzene rings is 1. The van der Waals surface area contributed by atoms with Gasteiger partial charge in [-0.2, -0.15) is 0 Å². The topological polar surface area (TPSA) is 20.3 Å². The first-order chi connectivity index (χ1) is 8.74. The van der Waals surface area contributed by atoms with Crippen LogP contribution < -0.4 is 0 Å². The second-order valence-corrected chi connectivity index (χ2v) is 5.79. The molecule has 0 N–H and O–H groups in total. The highest BCUT2D eigenvalue weighted by atomic mass is 16.1. The van der Waals surface area contributed by atoms with Crippen LogP contribution in [0.2, 0.25) is 0 Å². The summed E-state index contributed by atoms with van der Waals surface area (Å²) in [5.41, 5.74) is 3.08. The lowest BCUT2D eigenvalue weighted by Gasteiger charge is -2.37. The fourth-order valence-electron chi connectivity index (χ4n) is 3.36. The first-order valence-corrected chi connectivity index (χ1v) is 7.04. The predicted octanol–water partition coefficient (Wildman–Crippen LogP) is 2.63. The van der Waals surface area contributed by atoms with E-state index in [9.17, 15) is 4.79 Å². The molecule has 1 aliphatic heterocycles. The maximum Gasteiger partial charge on any atom is 0.133 e. The van der Waals surface area contributed by atoms with Crippen molar-refractivity contribution < 1.29 is 4.79 Å². The van der Waals surface area contributed by atoms with E-state index in [0.29, 0.717) is 11.7 Å². The van der Waals surface area contributed by atoms with E-state index < -0.39 is 0 Å². The van der Waals surface area contributed by atoms with Crippen LogP contribution >= 0.6 is 0 Å². The van der Waals surface area contributed by atoms with Gasteiger partial charge >= 0.3 is 0 Å². The molecular weight excluding hydrogens is 222 g/mol. The minimum atomic E-state index is 0.329. The van der Waals surface area contributed by atoms with Crippen LogP contribution in [-0.2, 0) is 11.2 Å². The fraction of sp³-hybridized carbons (Fsp3) is 0.562. The van der Waals surface area contributed by atoms with E-state index in [-0.39, 0.29) is 0 Å². The molecule has 1 aromatic carbocycles. The molecule has 0 spiro atoms. The van der Waals surface area contributed by atoms with Gasteiger partial charge in [-0.05, 0) is 50.4 Å². The molecule has 1 saturated heterocycles. The quantitative estimate of drug-likeness (QED) is 0.813. The molecule has 3 rings (SSSR count). The van der Waals surface area contributed by atoms with Gasteiger partial charge in [-0.15, -0.1) is 0 Å². The second-order valence-electron chi connectivity index (χ2n) is 5.79. The summed E-state index contributed by atoms with van der Waals surface area (Å²) in [7, 11) is 0. The Morgan fingerprint density at radius 1 is 1.28 bits per heavy atom. The molecule has 2 aliphatic rings. The highest BCUT2D eigenvalue weighted by molar-refractivity contribution is 5.78. The van der Waals surface area contributed by atoms with Crippen molar-refractivity contribution in [3.05, 3.63) is 35.4 Å². The first-order valence-electron chi connectivity index (χ1n) is 7.04. The van der Waals surface area contributed by atoms with Crippen molar-refractivity contribution >= 4 is 5.78 Å². The van der Waals surface area contributed by atoms with Crippen molar-refractivity contribution in [3.63, 3.8) is 0 Å². The Bertz CT molecular complexity index is 446. The molecule has 1 aromatic rings. The Hall–Kier alpha value is -1.15. The summed E-state index contributed by atoms with van der Waals surface area (Å²) in [6, 6.07) is 8.79. The molecule has 2 nitrogen and oxygen atoms in total. The van der Waals surface area contributed by atoms with E-state index in [1.165, 1.54) is 18.5 Å². The maximum atomic E-state index is 11.3. The Morgan fingerprint density at radius 2 is 2.00 bits per heavy atom. The molecule has 1 aliphatic carbocycles. The minimum absolute atomic E-state index is 0.329. The second kappa shape index (κ2) is 4.85. The average Bonchev–Trinajstić information content (AvgIpc) is 2.36. The third kappa shape index (κ3) is 2.22. The smallest absolute Gasteiger partial charge is 0.133 e. The number of rotatable bonds is 3. The van der Waals surface area contributed by atoms with E-state index in [1.807, 2.05) is 0 Å². The van der Waals surface area contributed by atoms with Crippen LogP contribution in [0.4, 0.5) is 0 Å². The predicted molar refractivity (Wildman–Crippen MR) is 72.7 cm³/mol. The molecular formula is C16H21NO. The van der Waals surface area contributed by atoms with Crippen molar-refractivity contribution in [2.75, 3.05) is 19.6 Å². The normalized spacial score (nSPS) is 24.4. The molecule has 1 fully saturated rings. The standard InChI is InChI=1S/C16H21NO/c1-12(18)13-6-8-17(9-7-13)11-15-10-14-4-2-3-5-16(14)15/h2-5,13,15H,6-11H2,1H3. The largest absolute Gasteiger partial charge is 0.303 e. The molecule has 18 heavy (non-hydrogen) atoms. The summed E-state index contributed by atoms with van der Waals surface area (Å²) in [5.74, 6) is 1.44. The lowest BCUT2D eigenvalue weighted by molar-refractivity contribution is -0.122. The number of carbonyl (C=O) groups is 1. The van der Waals surface area contributed by atoms with Gasteiger partial charge in [0.05, 0.1) is 0 Å². The van der Waals surface area contributed by atoms with Gasteiger partial charge in [0.25, 0.3) is 0 Å². The summed E-state index contributed by atoms with van der Waals surface area (Å²) in [6.07, 6.45) is 3.36. The van der Waals surface area contributed by atoms with Gasteiger partial charge in [0.2, 0.25) is 0 Å². The highest BCUT2D eigenvalue weighted by Crippen LogP contribution is 2.35. The van der Waals surface area contributed by atoms with Crippen molar-refractivity contribution in [2.24, 2.45) is 5.92 Å². The molecule has 0 aromatic heterocycles. The van der Waals surface area contributed by atoms with Crippen molar-refractivity contribution in [3.8, 4) is 0 Å². The molecule has 1 unspecified atom stereocenters. The van der Waals surface area contributed by atoms with Crippen molar-refractivity contribution in [1.82, 2.24) is 4.90 Å². The average molecular weight is 243 g/mol. The third-order valence-corrected chi connectivity index (χ3v) is 4.60. The van der Waals surface area contributed by atoms with Crippen LogP contribution in [0.5, 0.6) is 0 Å². The van der Waals surface area contributed by atoms with Gasteiger partial charge in [-0.1, -0.05) is 24.3 Å². The first kappa shape index (κ1) is 11.9. The summed E-state index contributed by atoms with van der Waals surface area (Å²) >= 11 is 0. The van der Waals surface area contributed by atoms with Crippen molar-refractivity contribution in [2.45, 2.75) is 32.1 Å². The van der Waals surface area contributed by atoms with Crippen LogP contribution in [0.1, 0.15) is 36.8 Å². The maximum absolute atomic E-state index is 11.3. The number of hydrogen-bond acceptors (Lipinski definition) is 2. The number of carbonyl (C=O) groups excluding carboxylic acids is 1. The highest BCUT2D eigenvalue weighted by Gasteiger charge is 2.29. The number of nitrogens with zero attached hydrogens (tertiary/aromatic N) is 1. The Labute approximate surface area is 109 Å². The number of hydrogen-bond donors (Lipinski definition) is 0. The van der Waals surface area contributed by atoms with Gasteiger partial charge in [-0.25, -0.2) is 0 Å². The van der Waals surface area contributed by atoms with E-state index in [4.69, 9.17) is 0 Å². The number of piperidine rings is 1. The van der Waals surface area contributed by atoms with Gasteiger partial charge in [0.1, 0.15) is 5.78 Å². The van der Waals surface area contributed by atoms with E-state index in [1.54, 1.807) is 12.5 Å². The third-order valence-electron chi connectivity index (χ3n) is 4.60. The molecule has 0 amide bonds. The molecule has 0 radical (unpaired) electrons. The number of ketones is 1. The summed E-state index contributed by atoms with van der Waals surface area (Å²) in [4.78, 5) is 13.9. The Kier molecular flexibility index (Phi) is 3.21. The monoisotopic (exact) mass is 243 g/mol. The minimum Gasteiger partial charge on any atom is -0.303 e. The fourth-order valence-corrected chi connectivity index (χ4v) is 3.36. The van der Waals surface area contributed by atoms with Gasteiger partial charge < -0.3 is 4.90 Å². The van der Waals surface area contributed by atoms with Crippen LogP contribution in [-0.4, -0.2) is 30.3 Å². The summed E-state index contributed by atoms with van der Waals surface area (Å²) < 4.78 is 0. The van der Waals surface area contributed by atoms with Crippen LogP contribution in [0.25, 0.3) is 0 Å². The zero-order valence-electron chi connectivity index (χ0n) is 11.1. The molecule has 1 atom stereocenters. The molecule has 0 saturated carbocycles. The lowest BCUT2D eigenvalue weighted by atomic mass is 9.77. The lowest BCUT2D eigenvalue weighted by Crippen LogP contribution is -2.40. The Balaban J connectivity index is 1.53. The van der Waals surface area contributed by atoms with Gasteiger partial charge in [-0.3, -0.25) is 4.79 Å². The van der Waals surface area contributed by atoms with E-state index in [0.717, 1.165) is 31.8 Å². The zero-order chi connectivity index (χ0) is 12.5. The number of fused-ring (bicyclic) bond motifs is 1. The van der Waals surface area contributed by atoms with Crippen LogP contribution in [0.3, 0.4) is 0 Å². The molecule has 0 bridgehead atoms. The number of likely N-dealkylation sites (tertiary alicyclic amines) is 1. The van der Waals surface area contributed by atoms with Gasteiger partial charge in [0.15, 0.2) is 0 Å². The van der Waals surface area contributed by atoms with Crippen molar-refractivity contribution in [1.29, 1.82) is 0 Å². The summed E-state index contributed by atoms with van der Waals surface area (Å²) in [6.45, 7) is 5.12. The SMILES string of the molecule is CC(=O)C1CCN(CC2Cc3ccccc32)CC1. The van der Waals surface area contributed by atoms with Crippen LogP contribution in [0.15, 0.2) is 24.3 Å². The zero-order valence-corrected chi connectivity index (χ0v) is 11.1. The Morgan fingerprint density at radius 3 is 2.67 bits per heavy atom. The molecule has 1 heterocycles.